The molecule has 0 bridgehead atoms. The lowest BCUT2D eigenvalue weighted by atomic mass is 10.1. The minimum absolute atomic E-state index is 0.666. The molecule has 0 radical (unpaired) electrons. The van der Waals surface area contributed by atoms with E-state index >= 15 is 0 Å². The van der Waals surface area contributed by atoms with Crippen LogP contribution in [0.4, 0.5) is 0 Å². The van der Waals surface area contributed by atoms with Crippen molar-refractivity contribution in [2.45, 2.75) is 52.1 Å². The first-order valence-corrected chi connectivity index (χ1v) is 5.51. The van der Waals surface area contributed by atoms with Gasteiger partial charge < -0.3 is 10.2 Å². The van der Waals surface area contributed by atoms with Crippen molar-refractivity contribution in [1.29, 1.82) is 0 Å². The molecule has 0 aliphatic heterocycles. The van der Waals surface area contributed by atoms with E-state index in [1.165, 1.54) is 19.3 Å². The summed E-state index contributed by atoms with van der Waals surface area (Å²) in [5, 5.41) is 3.57. The lowest BCUT2D eigenvalue weighted by molar-refractivity contribution is 0.268. The molecular weight excluding hydrogens is 160 g/mol. The molecule has 2 nitrogen and oxygen atoms in total. The minimum Gasteiger partial charge on any atom is -0.313 e. The molecule has 0 aromatic heterocycles. The summed E-state index contributed by atoms with van der Waals surface area (Å²) in [5.41, 5.74) is 0. The second kappa shape index (κ2) is 7.34. The highest BCUT2D eigenvalue weighted by Crippen LogP contribution is 1.99. The van der Waals surface area contributed by atoms with E-state index in [2.05, 4.69) is 45.1 Å². The SMILES string of the molecule is CCCC(C)NCC(CC)N(C)C. The van der Waals surface area contributed by atoms with Crippen LogP contribution in [0.3, 0.4) is 0 Å². The molecule has 0 amide bonds. The monoisotopic (exact) mass is 186 g/mol. The maximum Gasteiger partial charge on any atom is 0.0212 e. The lowest BCUT2D eigenvalue weighted by Crippen LogP contribution is -2.40. The molecule has 2 atom stereocenters. The molecule has 0 aliphatic carbocycles. The van der Waals surface area contributed by atoms with Crippen molar-refractivity contribution in [3.63, 3.8) is 0 Å². The number of hydrogen-bond acceptors (Lipinski definition) is 2. The fraction of sp³-hybridized carbons (Fsp3) is 1.00. The zero-order valence-electron chi connectivity index (χ0n) is 9.93. The number of likely N-dealkylation sites (N-methyl/N-ethyl adjacent to an activating group) is 1. The van der Waals surface area contributed by atoms with Gasteiger partial charge in [0.05, 0.1) is 0 Å². The first kappa shape index (κ1) is 12.9. The quantitative estimate of drug-likeness (QED) is 0.655. The van der Waals surface area contributed by atoms with E-state index in [0.29, 0.717) is 12.1 Å². The van der Waals surface area contributed by atoms with Gasteiger partial charge in [-0.2, -0.15) is 0 Å². The summed E-state index contributed by atoms with van der Waals surface area (Å²) in [6.07, 6.45) is 3.77. The average molecular weight is 186 g/mol. The average Bonchev–Trinajstić information content (AvgIpc) is 2.05. The van der Waals surface area contributed by atoms with Crippen molar-refractivity contribution >= 4 is 0 Å². The zero-order chi connectivity index (χ0) is 10.3. The highest BCUT2D eigenvalue weighted by molar-refractivity contribution is 4.70. The molecule has 2 heteroatoms. The number of nitrogens with one attached hydrogen (secondary N) is 1. The van der Waals surface area contributed by atoms with Crippen LogP contribution in [0, 0.1) is 0 Å². The smallest absolute Gasteiger partial charge is 0.0212 e. The largest absolute Gasteiger partial charge is 0.313 e. The third-order valence-corrected chi connectivity index (χ3v) is 2.63. The van der Waals surface area contributed by atoms with E-state index in [1.807, 2.05) is 0 Å². The summed E-state index contributed by atoms with van der Waals surface area (Å²) < 4.78 is 0. The Labute approximate surface area is 83.7 Å². The Morgan fingerprint density at radius 1 is 1.23 bits per heavy atom. The molecule has 0 saturated carbocycles. The normalized spacial score (nSPS) is 16.2. The lowest BCUT2D eigenvalue weighted by Gasteiger charge is -2.25. The van der Waals surface area contributed by atoms with Crippen LogP contribution in [0.15, 0.2) is 0 Å². The van der Waals surface area contributed by atoms with Crippen LogP contribution in [0.1, 0.15) is 40.0 Å². The fourth-order valence-corrected chi connectivity index (χ4v) is 1.56. The Morgan fingerprint density at radius 2 is 1.85 bits per heavy atom. The van der Waals surface area contributed by atoms with Crippen LogP contribution in [-0.2, 0) is 0 Å². The molecule has 0 rings (SSSR count). The molecule has 13 heavy (non-hydrogen) atoms. The highest BCUT2D eigenvalue weighted by atomic mass is 15.1. The second-order valence-corrected chi connectivity index (χ2v) is 4.12. The molecule has 0 fully saturated rings. The Kier molecular flexibility index (Phi) is 7.29. The van der Waals surface area contributed by atoms with Gasteiger partial charge in [-0.05, 0) is 33.9 Å². The van der Waals surface area contributed by atoms with E-state index in [1.54, 1.807) is 0 Å². The van der Waals surface area contributed by atoms with Gasteiger partial charge in [0.1, 0.15) is 0 Å². The zero-order valence-corrected chi connectivity index (χ0v) is 9.93. The summed E-state index contributed by atoms with van der Waals surface area (Å²) in [5.74, 6) is 0. The molecular formula is C11H26N2. The first-order valence-electron chi connectivity index (χ1n) is 5.51. The first-order chi connectivity index (χ1) is 6.11. The van der Waals surface area contributed by atoms with Gasteiger partial charge in [0.25, 0.3) is 0 Å². The van der Waals surface area contributed by atoms with Gasteiger partial charge in [-0.15, -0.1) is 0 Å². The summed E-state index contributed by atoms with van der Waals surface area (Å²) in [6, 6.07) is 1.35. The minimum atomic E-state index is 0.666. The predicted molar refractivity (Wildman–Crippen MR) is 60.1 cm³/mol. The number of hydrogen-bond donors (Lipinski definition) is 1. The van der Waals surface area contributed by atoms with Crippen molar-refractivity contribution in [3.8, 4) is 0 Å². The number of nitrogens with zero attached hydrogens (tertiary/aromatic N) is 1. The maximum absolute atomic E-state index is 3.57. The van der Waals surface area contributed by atoms with Crippen molar-refractivity contribution in [2.75, 3.05) is 20.6 Å². The maximum atomic E-state index is 3.57. The summed E-state index contributed by atoms with van der Waals surface area (Å²) >= 11 is 0. The molecule has 0 heterocycles. The summed E-state index contributed by atoms with van der Waals surface area (Å²) in [6.45, 7) is 7.87. The van der Waals surface area contributed by atoms with Gasteiger partial charge in [-0.1, -0.05) is 20.3 Å². The van der Waals surface area contributed by atoms with E-state index in [0.717, 1.165) is 6.54 Å². The summed E-state index contributed by atoms with van der Waals surface area (Å²) in [7, 11) is 4.31. The van der Waals surface area contributed by atoms with Crippen LogP contribution < -0.4 is 5.32 Å². The topological polar surface area (TPSA) is 15.3 Å². The van der Waals surface area contributed by atoms with Crippen molar-refractivity contribution in [1.82, 2.24) is 10.2 Å². The fourth-order valence-electron chi connectivity index (χ4n) is 1.56. The molecule has 2 unspecified atom stereocenters. The Bertz CT molecular complexity index is 113. The highest BCUT2D eigenvalue weighted by Gasteiger charge is 2.09. The van der Waals surface area contributed by atoms with Gasteiger partial charge in [0.15, 0.2) is 0 Å². The van der Waals surface area contributed by atoms with E-state index in [9.17, 15) is 0 Å². The Balaban J connectivity index is 3.59. The standard InChI is InChI=1S/C11H26N2/c1-6-8-10(3)12-9-11(7-2)13(4)5/h10-12H,6-9H2,1-5H3. The van der Waals surface area contributed by atoms with Crippen molar-refractivity contribution < 1.29 is 0 Å². The van der Waals surface area contributed by atoms with Gasteiger partial charge in [-0.25, -0.2) is 0 Å². The van der Waals surface area contributed by atoms with Crippen LogP contribution in [0.25, 0.3) is 0 Å². The molecule has 0 aromatic rings. The molecule has 80 valence electrons. The van der Waals surface area contributed by atoms with Crippen LogP contribution in [0.2, 0.25) is 0 Å². The van der Waals surface area contributed by atoms with Gasteiger partial charge in [-0.3, -0.25) is 0 Å². The van der Waals surface area contributed by atoms with Crippen LogP contribution in [0.5, 0.6) is 0 Å². The third-order valence-electron chi connectivity index (χ3n) is 2.63. The molecule has 0 aromatic carbocycles. The van der Waals surface area contributed by atoms with Gasteiger partial charge in [0, 0.05) is 18.6 Å². The van der Waals surface area contributed by atoms with Crippen molar-refractivity contribution in [2.24, 2.45) is 0 Å². The van der Waals surface area contributed by atoms with E-state index in [4.69, 9.17) is 0 Å². The van der Waals surface area contributed by atoms with E-state index in [-0.39, 0.29) is 0 Å². The van der Waals surface area contributed by atoms with Crippen LogP contribution in [-0.4, -0.2) is 37.6 Å². The van der Waals surface area contributed by atoms with Gasteiger partial charge >= 0.3 is 0 Å². The van der Waals surface area contributed by atoms with E-state index < -0.39 is 0 Å². The Hall–Kier alpha value is -0.0800. The second-order valence-electron chi connectivity index (χ2n) is 4.12. The van der Waals surface area contributed by atoms with Gasteiger partial charge in [0.2, 0.25) is 0 Å². The molecule has 1 N–H and O–H groups in total. The number of rotatable bonds is 7. The molecule has 0 aliphatic rings. The Morgan fingerprint density at radius 3 is 2.23 bits per heavy atom. The summed E-state index contributed by atoms with van der Waals surface area (Å²) in [4.78, 5) is 2.30. The molecule has 0 spiro atoms. The predicted octanol–water partition coefficient (Wildman–Crippen LogP) is 2.10. The molecule has 0 saturated heterocycles. The van der Waals surface area contributed by atoms with Crippen molar-refractivity contribution in [3.05, 3.63) is 0 Å². The third kappa shape index (κ3) is 6.05. The van der Waals surface area contributed by atoms with Crippen LogP contribution >= 0.6 is 0 Å².